The number of esters is 1. The number of carbonyl (C=O) groups excluding carboxylic acids is 1. The van der Waals surface area contributed by atoms with Gasteiger partial charge in [-0.25, -0.2) is 4.98 Å². The van der Waals surface area contributed by atoms with E-state index in [0.29, 0.717) is 30.1 Å². The van der Waals surface area contributed by atoms with Gasteiger partial charge in [-0.2, -0.15) is 0 Å². The Hall–Kier alpha value is -3.81. The Morgan fingerprint density at radius 2 is 1.84 bits per heavy atom. The summed E-state index contributed by atoms with van der Waals surface area (Å²) in [7, 11) is 0. The van der Waals surface area contributed by atoms with Crippen LogP contribution in [0.4, 0.5) is 11.5 Å². The third-order valence-electron chi connectivity index (χ3n) is 5.30. The van der Waals surface area contributed by atoms with Crippen LogP contribution in [0.15, 0.2) is 41.2 Å². The largest absolute Gasteiger partial charge is 0.493 e. The highest BCUT2D eigenvalue weighted by molar-refractivity contribution is 5.82. The number of hydrogen-bond acceptors (Lipinski definition) is 7. The van der Waals surface area contributed by atoms with Crippen molar-refractivity contribution in [1.82, 2.24) is 9.97 Å². The SMILES string of the molecule is CCOc1cc(-c2ccc3c(c2)CC(C)(C)C(=O)O3)ccc1-c1nc(N)c(N)c(=O)[nH]1. The molecule has 0 fully saturated rings. The number of nitrogens with two attached hydrogens (primary N) is 2. The van der Waals surface area contributed by atoms with Gasteiger partial charge in [-0.05, 0) is 68.1 Å². The zero-order valence-corrected chi connectivity index (χ0v) is 17.6. The van der Waals surface area contributed by atoms with Crippen LogP contribution in [0.3, 0.4) is 0 Å². The summed E-state index contributed by atoms with van der Waals surface area (Å²) in [6.45, 7) is 6.05. The van der Waals surface area contributed by atoms with Crippen LogP contribution in [0.5, 0.6) is 11.5 Å². The molecule has 2 aromatic carbocycles. The van der Waals surface area contributed by atoms with E-state index in [0.717, 1.165) is 16.7 Å². The van der Waals surface area contributed by atoms with E-state index >= 15 is 0 Å². The maximum atomic E-state index is 12.1. The van der Waals surface area contributed by atoms with E-state index in [1.54, 1.807) is 0 Å². The second-order valence-corrected chi connectivity index (χ2v) is 8.13. The van der Waals surface area contributed by atoms with Crippen molar-refractivity contribution in [2.75, 3.05) is 18.1 Å². The summed E-state index contributed by atoms with van der Waals surface area (Å²) in [6, 6.07) is 11.3. The highest BCUT2D eigenvalue weighted by atomic mass is 16.5. The number of hydrogen-bond donors (Lipinski definition) is 3. The summed E-state index contributed by atoms with van der Waals surface area (Å²) in [5.41, 5.74) is 13.6. The Morgan fingerprint density at radius 3 is 2.55 bits per heavy atom. The molecule has 0 unspecified atom stereocenters. The number of H-pyrrole nitrogens is 1. The molecule has 0 spiro atoms. The first kappa shape index (κ1) is 20.5. The number of ether oxygens (including phenoxy) is 2. The van der Waals surface area contributed by atoms with Crippen molar-refractivity contribution in [3.63, 3.8) is 0 Å². The molecule has 0 bridgehead atoms. The molecule has 0 radical (unpaired) electrons. The van der Waals surface area contributed by atoms with Crippen molar-refractivity contribution in [1.29, 1.82) is 0 Å². The first-order valence-electron chi connectivity index (χ1n) is 9.97. The van der Waals surface area contributed by atoms with Gasteiger partial charge >= 0.3 is 5.97 Å². The fourth-order valence-electron chi connectivity index (χ4n) is 3.58. The molecule has 8 nitrogen and oxygen atoms in total. The number of nitrogens with zero attached hydrogens (tertiary/aromatic N) is 1. The van der Waals surface area contributed by atoms with Crippen molar-refractivity contribution in [2.45, 2.75) is 27.2 Å². The van der Waals surface area contributed by atoms with Crippen LogP contribution < -0.4 is 26.5 Å². The van der Waals surface area contributed by atoms with E-state index in [1.165, 1.54) is 0 Å². The molecule has 0 atom stereocenters. The van der Waals surface area contributed by atoms with Crippen molar-refractivity contribution in [2.24, 2.45) is 5.41 Å². The third kappa shape index (κ3) is 3.72. The minimum atomic E-state index is -0.571. The minimum absolute atomic E-state index is 0.0304. The van der Waals surface area contributed by atoms with Gasteiger partial charge in [0.15, 0.2) is 5.82 Å². The van der Waals surface area contributed by atoms with E-state index in [-0.39, 0.29) is 23.3 Å². The van der Waals surface area contributed by atoms with Gasteiger partial charge in [0.05, 0.1) is 17.6 Å². The van der Waals surface area contributed by atoms with Gasteiger partial charge in [0, 0.05) is 0 Å². The van der Waals surface area contributed by atoms with Crippen molar-refractivity contribution in [3.8, 4) is 34.0 Å². The van der Waals surface area contributed by atoms with E-state index in [2.05, 4.69) is 9.97 Å². The monoisotopic (exact) mass is 420 g/mol. The lowest BCUT2D eigenvalue weighted by molar-refractivity contribution is -0.145. The zero-order chi connectivity index (χ0) is 22.3. The maximum Gasteiger partial charge on any atom is 0.317 e. The Balaban J connectivity index is 1.77. The second-order valence-electron chi connectivity index (χ2n) is 8.13. The lowest BCUT2D eigenvalue weighted by atomic mass is 9.83. The number of nitrogen functional groups attached to an aromatic ring is 2. The molecule has 0 amide bonds. The topological polar surface area (TPSA) is 133 Å². The van der Waals surface area contributed by atoms with E-state index in [9.17, 15) is 9.59 Å². The molecule has 31 heavy (non-hydrogen) atoms. The van der Waals surface area contributed by atoms with Crippen LogP contribution >= 0.6 is 0 Å². The first-order chi connectivity index (χ1) is 14.7. The molecule has 0 saturated carbocycles. The van der Waals surface area contributed by atoms with Crippen molar-refractivity contribution >= 4 is 17.5 Å². The summed E-state index contributed by atoms with van der Waals surface area (Å²) < 4.78 is 11.3. The summed E-state index contributed by atoms with van der Waals surface area (Å²) in [5, 5.41) is 0. The zero-order valence-electron chi connectivity index (χ0n) is 17.6. The molecule has 0 aliphatic carbocycles. The molecule has 160 valence electrons. The van der Waals surface area contributed by atoms with Gasteiger partial charge in [0.1, 0.15) is 23.0 Å². The van der Waals surface area contributed by atoms with Crippen LogP contribution in [0, 0.1) is 5.41 Å². The molecule has 2 heterocycles. The average molecular weight is 420 g/mol. The minimum Gasteiger partial charge on any atom is -0.493 e. The Labute approximate surface area is 179 Å². The molecule has 4 rings (SSSR count). The molecular weight excluding hydrogens is 396 g/mol. The fourth-order valence-corrected chi connectivity index (χ4v) is 3.58. The van der Waals surface area contributed by atoms with Crippen molar-refractivity contribution < 1.29 is 14.3 Å². The number of anilines is 2. The lowest BCUT2D eigenvalue weighted by Crippen LogP contribution is -2.35. The Morgan fingerprint density at radius 1 is 1.13 bits per heavy atom. The van der Waals surface area contributed by atoms with Crippen LogP contribution in [0.1, 0.15) is 26.3 Å². The normalized spacial score (nSPS) is 14.6. The van der Waals surface area contributed by atoms with Gasteiger partial charge in [-0.15, -0.1) is 0 Å². The Kier molecular flexibility index (Phi) is 4.93. The number of carbonyl (C=O) groups is 1. The summed E-state index contributed by atoms with van der Waals surface area (Å²) in [4.78, 5) is 31.0. The summed E-state index contributed by atoms with van der Waals surface area (Å²) >= 11 is 0. The maximum absolute atomic E-state index is 12.1. The lowest BCUT2D eigenvalue weighted by Gasteiger charge is -2.29. The van der Waals surface area contributed by atoms with Gasteiger partial charge in [-0.3, -0.25) is 9.59 Å². The molecule has 8 heteroatoms. The quantitative estimate of drug-likeness (QED) is 0.436. The van der Waals surface area contributed by atoms with Gasteiger partial charge in [0.25, 0.3) is 5.56 Å². The van der Waals surface area contributed by atoms with Crippen LogP contribution in [-0.2, 0) is 11.2 Å². The van der Waals surface area contributed by atoms with E-state index in [1.807, 2.05) is 57.2 Å². The number of rotatable bonds is 4. The van der Waals surface area contributed by atoms with Crippen LogP contribution in [-0.4, -0.2) is 22.5 Å². The average Bonchev–Trinajstić information content (AvgIpc) is 2.72. The summed E-state index contributed by atoms with van der Waals surface area (Å²) in [5.74, 6) is 1.17. The highest BCUT2D eigenvalue weighted by Crippen LogP contribution is 2.39. The standard InChI is InChI=1S/C23H24N4O4/c1-4-30-17-10-13(5-7-15(17)20-26-19(25)18(24)21(28)27-20)12-6-8-16-14(9-12)11-23(2,3)22(29)31-16/h5-10H,4,11,24H2,1-3H3,(H3,25,26,27,28). The van der Waals surface area contributed by atoms with E-state index < -0.39 is 11.0 Å². The number of fused-ring (bicyclic) bond motifs is 1. The van der Waals surface area contributed by atoms with Gasteiger partial charge in [-0.1, -0.05) is 12.1 Å². The van der Waals surface area contributed by atoms with Crippen molar-refractivity contribution in [3.05, 3.63) is 52.3 Å². The highest BCUT2D eigenvalue weighted by Gasteiger charge is 2.35. The van der Waals surface area contributed by atoms with Gasteiger partial charge in [0.2, 0.25) is 0 Å². The summed E-state index contributed by atoms with van der Waals surface area (Å²) in [6.07, 6.45) is 0.598. The molecule has 1 aliphatic heterocycles. The van der Waals surface area contributed by atoms with Gasteiger partial charge < -0.3 is 25.9 Å². The number of aromatic nitrogens is 2. The first-order valence-corrected chi connectivity index (χ1v) is 9.97. The molecule has 3 aromatic rings. The number of benzene rings is 2. The smallest absolute Gasteiger partial charge is 0.317 e. The predicted octanol–water partition coefficient (Wildman–Crippen LogP) is 3.15. The number of aromatic amines is 1. The second kappa shape index (κ2) is 7.46. The number of nitrogens with one attached hydrogen (secondary N) is 1. The Bertz CT molecular complexity index is 1250. The van der Waals surface area contributed by atoms with Crippen LogP contribution in [0.2, 0.25) is 0 Å². The fraction of sp³-hybridized carbons (Fsp3) is 0.261. The molecule has 1 aromatic heterocycles. The molecular formula is C23H24N4O4. The molecule has 1 aliphatic rings. The molecule has 5 N–H and O–H groups in total. The predicted molar refractivity (Wildman–Crippen MR) is 119 cm³/mol. The molecule has 0 saturated heterocycles. The van der Waals surface area contributed by atoms with E-state index in [4.69, 9.17) is 20.9 Å². The third-order valence-corrected chi connectivity index (χ3v) is 5.30. The van der Waals surface area contributed by atoms with Crippen LogP contribution in [0.25, 0.3) is 22.5 Å².